The molecule has 2 saturated heterocycles. The number of carbonyl (C=O) groups excluding carboxylic acids is 1. The van der Waals surface area contributed by atoms with Gasteiger partial charge in [0.2, 0.25) is 0 Å². The lowest BCUT2D eigenvalue weighted by Gasteiger charge is -2.27. The van der Waals surface area contributed by atoms with Gasteiger partial charge in [0.1, 0.15) is 5.37 Å². The second kappa shape index (κ2) is 4.58. The van der Waals surface area contributed by atoms with Crippen LogP contribution in [-0.2, 0) is 9.84 Å². The van der Waals surface area contributed by atoms with Crippen molar-refractivity contribution in [1.82, 2.24) is 16.0 Å². The molecule has 1 unspecified atom stereocenters. The van der Waals surface area contributed by atoms with Crippen molar-refractivity contribution in [2.75, 3.05) is 25.4 Å². The molecule has 0 spiro atoms. The third kappa shape index (κ3) is 2.65. The predicted molar refractivity (Wildman–Crippen MR) is 59.7 cm³/mol. The molecular weight excluding hydrogens is 230 g/mol. The lowest BCUT2D eigenvalue weighted by molar-refractivity contribution is 0.234. The summed E-state index contributed by atoms with van der Waals surface area (Å²) in [6, 6.07) is -0.373. The molecule has 0 aromatic carbocycles. The number of rotatable bonds is 3. The van der Waals surface area contributed by atoms with E-state index in [4.69, 9.17) is 0 Å². The first-order valence-electron chi connectivity index (χ1n) is 5.54. The van der Waals surface area contributed by atoms with E-state index in [1.807, 2.05) is 0 Å². The minimum atomic E-state index is -3.10. The summed E-state index contributed by atoms with van der Waals surface area (Å²) >= 11 is 0. The summed E-state index contributed by atoms with van der Waals surface area (Å²) in [5.74, 6) is 0.663. The second-order valence-electron chi connectivity index (χ2n) is 4.38. The molecule has 0 bridgehead atoms. The van der Waals surface area contributed by atoms with E-state index in [-0.39, 0.29) is 11.8 Å². The number of amides is 2. The summed E-state index contributed by atoms with van der Waals surface area (Å²) < 4.78 is 22.9. The van der Waals surface area contributed by atoms with Crippen molar-refractivity contribution in [2.45, 2.75) is 18.2 Å². The van der Waals surface area contributed by atoms with Crippen LogP contribution in [0.5, 0.6) is 0 Å². The van der Waals surface area contributed by atoms with Gasteiger partial charge in [0.05, 0.1) is 5.75 Å². The van der Waals surface area contributed by atoms with E-state index >= 15 is 0 Å². The molecule has 92 valence electrons. The molecule has 2 aliphatic heterocycles. The molecule has 0 radical (unpaired) electrons. The van der Waals surface area contributed by atoms with Crippen LogP contribution in [0.1, 0.15) is 12.8 Å². The zero-order chi connectivity index (χ0) is 11.6. The molecule has 0 aliphatic carbocycles. The highest BCUT2D eigenvalue weighted by Crippen LogP contribution is 2.17. The highest BCUT2D eigenvalue weighted by molar-refractivity contribution is 7.92. The maximum atomic E-state index is 11.5. The molecule has 3 N–H and O–H groups in total. The van der Waals surface area contributed by atoms with Crippen LogP contribution in [0.25, 0.3) is 0 Å². The summed E-state index contributed by atoms with van der Waals surface area (Å²) in [5, 5.41) is 7.62. The van der Waals surface area contributed by atoms with Crippen molar-refractivity contribution in [2.24, 2.45) is 5.92 Å². The van der Waals surface area contributed by atoms with Gasteiger partial charge in [-0.05, 0) is 12.8 Å². The Labute approximate surface area is 95.1 Å². The standard InChI is InChI=1S/C9H17N3O3S/c13-9(11-6-7-4-10-5-7)12-8-2-1-3-16(8,14)15/h7-8,10H,1-6H2,(H2,11,12,13). The van der Waals surface area contributed by atoms with Crippen molar-refractivity contribution >= 4 is 15.9 Å². The summed E-state index contributed by atoms with van der Waals surface area (Å²) in [4.78, 5) is 11.4. The third-order valence-corrected chi connectivity index (χ3v) is 5.12. The average molecular weight is 247 g/mol. The number of hydrogen-bond acceptors (Lipinski definition) is 4. The molecule has 0 aromatic heterocycles. The predicted octanol–water partition coefficient (Wildman–Crippen LogP) is -0.960. The minimum Gasteiger partial charge on any atom is -0.338 e. The van der Waals surface area contributed by atoms with Gasteiger partial charge < -0.3 is 16.0 Å². The summed E-state index contributed by atoms with van der Waals surface area (Å²) in [7, 11) is -3.10. The number of hydrogen-bond donors (Lipinski definition) is 3. The zero-order valence-corrected chi connectivity index (χ0v) is 9.85. The second-order valence-corrected chi connectivity index (χ2v) is 6.68. The molecule has 2 fully saturated rings. The summed E-state index contributed by atoms with van der Waals surface area (Å²) in [6.45, 7) is 2.44. The molecule has 2 aliphatic rings. The van der Waals surface area contributed by atoms with Gasteiger partial charge in [0.15, 0.2) is 9.84 Å². The third-order valence-electron chi connectivity index (χ3n) is 3.04. The fourth-order valence-corrected chi connectivity index (χ4v) is 3.55. The molecular formula is C9H17N3O3S. The Hall–Kier alpha value is -0.820. The van der Waals surface area contributed by atoms with Crippen LogP contribution in [0.4, 0.5) is 4.79 Å². The fourth-order valence-electron chi connectivity index (χ4n) is 1.88. The van der Waals surface area contributed by atoms with Gasteiger partial charge in [-0.15, -0.1) is 0 Å². The van der Waals surface area contributed by atoms with E-state index in [9.17, 15) is 13.2 Å². The van der Waals surface area contributed by atoms with Crippen molar-refractivity contribution in [1.29, 1.82) is 0 Å². The van der Waals surface area contributed by atoms with Crippen LogP contribution in [-0.4, -0.2) is 45.2 Å². The monoisotopic (exact) mass is 247 g/mol. The lowest BCUT2D eigenvalue weighted by atomic mass is 10.0. The first kappa shape index (κ1) is 11.7. The molecule has 0 aromatic rings. The molecule has 0 saturated carbocycles. The first-order chi connectivity index (χ1) is 7.58. The summed E-state index contributed by atoms with van der Waals surface area (Å²) in [5.41, 5.74) is 0. The topological polar surface area (TPSA) is 87.3 Å². The van der Waals surface area contributed by atoms with E-state index in [0.29, 0.717) is 25.3 Å². The Kier molecular flexibility index (Phi) is 3.34. The van der Waals surface area contributed by atoms with Crippen LogP contribution in [0.2, 0.25) is 0 Å². The SMILES string of the molecule is O=C(NCC1CNC1)NC1CCCS1(=O)=O. The van der Waals surface area contributed by atoms with Gasteiger partial charge in [-0.3, -0.25) is 0 Å². The molecule has 16 heavy (non-hydrogen) atoms. The molecule has 2 rings (SSSR count). The van der Waals surface area contributed by atoms with E-state index in [2.05, 4.69) is 16.0 Å². The Morgan fingerprint density at radius 2 is 2.12 bits per heavy atom. The fraction of sp³-hybridized carbons (Fsp3) is 0.889. The molecule has 6 nitrogen and oxygen atoms in total. The van der Waals surface area contributed by atoms with Gasteiger partial charge in [0, 0.05) is 25.6 Å². The van der Waals surface area contributed by atoms with Crippen molar-refractivity contribution in [3.8, 4) is 0 Å². The van der Waals surface area contributed by atoms with Gasteiger partial charge in [-0.25, -0.2) is 13.2 Å². The van der Waals surface area contributed by atoms with Crippen LogP contribution in [0, 0.1) is 5.92 Å². The largest absolute Gasteiger partial charge is 0.338 e. The van der Waals surface area contributed by atoms with E-state index in [1.165, 1.54) is 0 Å². The highest BCUT2D eigenvalue weighted by atomic mass is 32.2. The Morgan fingerprint density at radius 3 is 2.62 bits per heavy atom. The molecule has 2 heterocycles. The van der Waals surface area contributed by atoms with Crippen molar-refractivity contribution in [3.05, 3.63) is 0 Å². The average Bonchev–Trinajstić information content (AvgIpc) is 2.43. The molecule has 2 amide bonds. The first-order valence-corrected chi connectivity index (χ1v) is 7.26. The van der Waals surface area contributed by atoms with Crippen LogP contribution in [0.15, 0.2) is 0 Å². The quantitative estimate of drug-likeness (QED) is 0.599. The van der Waals surface area contributed by atoms with E-state index in [0.717, 1.165) is 13.1 Å². The summed E-state index contributed by atoms with van der Waals surface area (Å²) in [6.07, 6.45) is 1.17. The minimum absolute atomic E-state index is 0.185. The number of urea groups is 1. The Morgan fingerprint density at radius 1 is 1.38 bits per heavy atom. The van der Waals surface area contributed by atoms with Crippen LogP contribution in [0.3, 0.4) is 0 Å². The number of carbonyl (C=O) groups is 1. The van der Waals surface area contributed by atoms with E-state index in [1.54, 1.807) is 0 Å². The Balaban J connectivity index is 1.74. The number of nitrogens with one attached hydrogen (secondary N) is 3. The van der Waals surface area contributed by atoms with Gasteiger partial charge in [0.25, 0.3) is 0 Å². The maximum absolute atomic E-state index is 11.5. The van der Waals surface area contributed by atoms with E-state index < -0.39 is 15.2 Å². The van der Waals surface area contributed by atoms with Crippen molar-refractivity contribution in [3.63, 3.8) is 0 Å². The normalized spacial score (nSPS) is 28.4. The van der Waals surface area contributed by atoms with Gasteiger partial charge >= 0.3 is 6.03 Å². The lowest BCUT2D eigenvalue weighted by Crippen LogP contribution is -2.51. The molecule has 1 atom stereocenters. The van der Waals surface area contributed by atoms with Crippen LogP contribution >= 0.6 is 0 Å². The molecule has 7 heteroatoms. The maximum Gasteiger partial charge on any atom is 0.315 e. The van der Waals surface area contributed by atoms with Gasteiger partial charge in [-0.2, -0.15) is 0 Å². The number of sulfone groups is 1. The smallest absolute Gasteiger partial charge is 0.315 e. The van der Waals surface area contributed by atoms with Gasteiger partial charge in [-0.1, -0.05) is 0 Å². The zero-order valence-electron chi connectivity index (χ0n) is 9.03. The van der Waals surface area contributed by atoms with Crippen LogP contribution < -0.4 is 16.0 Å². The highest BCUT2D eigenvalue weighted by Gasteiger charge is 2.32. The Bertz CT molecular complexity index is 364. The van der Waals surface area contributed by atoms with Crippen molar-refractivity contribution < 1.29 is 13.2 Å².